The topological polar surface area (TPSA) is 44.7 Å². The molecule has 155 valence electrons. The van der Waals surface area contributed by atoms with Gasteiger partial charge in [0.2, 0.25) is 0 Å². The summed E-state index contributed by atoms with van der Waals surface area (Å²) in [7, 11) is 0. The van der Waals surface area contributed by atoms with E-state index in [2.05, 4.69) is 24.4 Å². The summed E-state index contributed by atoms with van der Waals surface area (Å²) in [5.74, 6) is -0.0313. The molecule has 1 N–H and O–H groups in total. The fourth-order valence-corrected chi connectivity index (χ4v) is 4.63. The first-order chi connectivity index (χ1) is 14.0. The van der Waals surface area contributed by atoms with Crippen LogP contribution >= 0.6 is 11.6 Å². The maximum Gasteiger partial charge on any atom is 0.267 e. The standard InChI is InChI=1S/C24H27ClN3O.Y/c1-16-8-6-7-11-20(16)23-15-21(24(29)26-19-9-4-3-5-10-19)27-28(23)22-13-12-18(25)14-17(22)2;/h7-8,11-14,19,23H,3-5,9-10,15H2,1-2H3,(H,26,29);/q-1;. The van der Waals surface area contributed by atoms with E-state index in [-0.39, 0.29) is 50.7 Å². The maximum atomic E-state index is 13.0. The van der Waals surface area contributed by atoms with Crippen LogP contribution in [-0.2, 0) is 37.5 Å². The maximum absolute atomic E-state index is 13.0. The van der Waals surface area contributed by atoms with E-state index in [4.69, 9.17) is 16.7 Å². The van der Waals surface area contributed by atoms with Gasteiger partial charge in [-0.1, -0.05) is 37.8 Å². The molecule has 4 rings (SSSR count). The molecule has 1 fully saturated rings. The van der Waals surface area contributed by atoms with E-state index in [9.17, 15) is 4.79 Å². The SMILES string of the molecule is Cc1c[c-]ccc1C1CC(C(=O)NC2CCCCC2)=NN1c1ccc(Cl)cc1C.[Y]. The van der Waals surface area contributed by atoms with E-state index < -0.39 is 0 Å². The second kappa shape index (κ2) is 10.4. The molecule has 1 unspecified atom stereocenters. The third-order valence-electron chi connectivity index (χ3n) is 5.99. The number of nitrogens with one attached hydrogen (secondary N) is 1. The number of hydrogen-bond donors (Lipinski definition) is 1. The monoisotopic (exact) mass is 497 g/mol. The molecule has 1 atom stereocenters. The van der Waals surface area contributed by atoms with E-state index in [1.807, 2.05) is 42.3 Å². The van der Waals surface area contributed by atoms with Gasteiger partial charge in [-0.05, 0) is 43.5 Å². The molecule has 1 saturated carbocycles. The van der Waals surface area contributed by atoms with Crippen molar-refractivity contribution in [3.8, 4) is 0 Å². The number of rotatable bonds is 4. The zero-order chi connectivity index (χ0) is 20.4. The molecule has 1 amide bonds. The summed E-state index contributed by atoms with van der Waals surface area (Å²) >= 11 is 6.17. The van der Waals surface area contributed by atoms with Gasteiger partial charge in [-0.25, -0.2) is 0 Å². The number of nitrogens with zero attached hydrogens (tertiary/aromatic N) is 2. The Labute approximate surface area is 209 Å². The molecule has 2 aliphatic rings. The number of carbonyl (C=O) groups is 1. The van der Waals surface area contributed by atoms with Crippen LogP contribution < -0.4 is 10.3 Å². The van der Waals surface area contributed by atoms with Crippen LogP contribution in [0.5, 0.6) is 0 Å². The summed E-state index contributed by atoms with van der Waals surface area (Å²) in [4.78, 5) is 13.0. The molecule has 0 saturated heterocycles. The number of hydrogen-bond acceptors (Lipinski definition) is 3. The van der Waals surface area contributed by atoms with Crippen LogP contribution in [0.1, 0.15) is 61.3 Å². The van der Waals surface area contributed by atoms with Gasteiger partial charge >= 0.3 is 0 Å². The summed E-state index contributed by atoms with van der Waals surface area (Å²) in [6, 6.07) is 15.2. The molecule has 0 bridgehead atoms. The van der Waals surface area contributed by atoms with Gasteiger partial charge in [-0.15, -0.1) is 5.56 Å². The van der Waals surface area contributed by atoms with Crippen molar-refractivity contribution in [1.82, 2.24) is 5.32 Å². The Morgan fingerprint density at radius 1 is 1.17 bits per heavy atom. The van der Waals surface area contributed by atoms with Gasteiger partial charge in [0, 0.05) is 50.2 Å². The fraction of sp³-hybridized carbons (Fsp3) is 0.417. The first kappa shape index (κ1) is 23.4. The first-order valence-electron chi connectivity index (χ1n) is 10.4. The van der Waals surface area contributed by atoms with E-state index in [0.717, 1.165) is 29.7 Å². The van der Waals surface area contributed by atoms with Gasteiger partial charge < -0.3 is 5.32 Å². The van der Waals surface area contributed by atoms with E-state index >= 15 is 0 Å². The van der Waals surface area contributed by atoms with Crippen molar-refractivity contribution in [2.24, 2.45) is 5.10 Å². The van der Waals surface area contributed by atoms with Crippen molar-refractivity contribution in [1.29, 1.82) is 0 Å². The zero-order valence-electron chi connectivity index (χ0n) is 17.6. The minimum atomic E-state index is -0.0313. The van der Waals surface area contributed by atoms with E-state index in [0.29, 0.717) is 17.2 Å². The Hall–Kier alpha value is -1.23. The van der Waals surface area contributed by atoms with Crippen molar-refractivity contribution in [2.45, 2.75) is 64.5 Å². The minimum Gasteiger partial charge on any atom is -0.348 e. The molecule has 1 aliphatic heterocycles. The molecule has 4 nitrogen and oxygen atoms in total. The fourth-order valence-electron chi connectivity index (χ4n) is 4.40. The van der Waals surface area contributed by atoms with Crippen molar-refractivity contribution < 1.29 is 37.5 Å². The molecule has 2 aromatic rings. The third-order valence-corrected chi connectivity index (χ3v) is 6.23. The number of halogens is 1. The summed E-state index contributed by atoms with van der Waals surface area (Å²) in [5, 5.41) is 10.7. The molecule has 2 aromatic carbocycles. The van der Waals surface area contributed by atoms with E-state index in [1.165, 1.54) is 24.8 Å². The predicted molar refractivity (Wildman–Crippen MR) is 118 cm³/mol. The van der Waals surface area contributed by atoms with Gasteiger partial charge in [0.25, 0.3) is 5.91 Å². The quantitative estimate of drug-likeness (QED) is 0.566. The molecular formula is C24H27ClN3OY-. The Balaban J connectivity index is 0.00000256. The molecule has 6 heteroatoms. The van der Waals surface area contributed by atoms with Crippen molar-refractivity contribution in [3.05, 3.63) is 64.2 Å². The largest absolute Gasteiger partial charge is 0.348 e. The molecule has 1 radical (unpaired) electrons. The molecular weight excluding hydrogens is 471 g/mol. The Morgan fingerprint density at radius 2 is 1.93 bits per heavy atom. The molecule has 0 aromatic heterocycles. The normalized spacial score (nSPS) is 19.2. The second-order valence-electron chi connectivity index (χ2n) is 8.13. The molecule has 1 heterocycles. The average Bonchev–Trinajstić information content (AvgIpc) is 3.14. The summed E-state index contributed by atoms with van der Waals surface area (Å²) in [5.41, 5.74) is 4.94. The number of benzene rings is 2. The Morgan fingerprint density at radius 3 is 2.63 bits per heavy atom. The van der Waals surface area contributed by atoms with Crippen LogP contribution in [0.3, 0.4) is 0 Å². The summed E-state index contributed by atoms with van der Waals surface area (Å²) in [6.07, 6.45) is 6.37. The van der Waals surface area contributed by atoms with Crippen molar-refractivity contribution in [3.63, 3.8) is 0 Å². The number of anilines is 1. The van der Waals surface area contributed by atoms with Gasteiger partial charge in [0.1, 0.15) is 5.71 Å². The third kappa shape index (κ3) is 5.15. The van der Waals surface area contributed by atoms with Gasteiger partial charge in [0.05, 0.1) is 11.7 Å². The van der Waals surface area contributed by atoms with Crippen LogP contribution in [0.15, 0.2) is 41.5 Å². The van der Waals surface area contributed by atoms with Gasteiger partial charge in [0.15, 0.2) is 0 Å². The number of hydrazone groups is 1. The van der Waals surface area contributed by atoms with Crippen LogP contribution in [0.4, 0.5) is 5.69 Å². The summed E-state index contributed by atoms with van der Waals surface area (Å²) in [6.45, 7) is 4.11. The van der Waals surface area contributed by atoms with Crippen molar-refractivity contribution >= 4 is 28.9 Å². The first-order valence-corrected chi connectivity index (χ1v) is 10.8. The minimum absolute atomic E-state index is 0. The summed E-state index contributed by atoms with van der Waals surface area (Å²) < 4.78 is 0. The van der Waals surface area contributed by atoms with E-state index in [1.54, 1.807) is 0 Å². The zero-order valence-corrected chi connectivity index (χ0v) is 21.2. The molecule has 30 heavy (non-hydrogen) atoms. The number of carbonyl (C=O) groups excluding carboxylic acids is 1. The number of amides is 1. The van der Waals surface area contributed by atoms with Gasteiger partial charge in [-0.3, -0.25) is 9.80 Å². The molecule has 1 aliphatic carbocycles. The van der Waals surface area contributed by atoms with Crippen LogP contribution in [-0.4, -0.2) is 17.7 Å². The Kier molecular flexibility index (Phi) is 8.12. The average molecular weight is 498 g/mol. The van der Waals surface area contributed by atoms with Crippen LogP contribution in [0.2, 0.25) is 5.02 Å². The number of aryl methyl sites for hydroxylation is 2. The Bertz CT molecular complexity index is 940. The molecule has 0 spiro atoms. The van der Waals surface area contributed by atoms with Crippen LogP contribution in [0.25, 0.3) is 0 Å². The second-order valence-corrected chi connectivity index (χ2v) is 8.57. The smallest absolute Gasteiger partial charge is 0.267 e. The predicted octanol–water partition coefficient (Wildman–Crippen LogP) is 5.51. The van der Waals surface area contributed by atoms with Gasteiger partial charge in [-0.2, -0.15) is 34.9 Å². The van der Waals surface area contributed by atoms with Crippen LogP contribution in [0, 0.1) is 19.9 Å². The van der Waals surface area contributed by atoms with Crippen molar-refractivity contribution in [2.75, 3.05) is 5.01 Å².